The molecule has 248 valence electrons. The lowest BCUT2D eigenvalue weighted by molar-refractivity contribution is -0.144. The van der Waals surface area contributed by atoms with Crippen molar-refractivity contribution in [3.63, 3.8) is 0 Å². The highest BCUT2D eigenvalue weighted by atomic mass is 16.3. The molecule has 2 saturated heterocycles. The molecular formula is C34H45N5O7. The maximum atomic E-state index is 14.2. The normalized spacial score (nSPS) is 25.1. The minimum absolute atomic E-state index is 0.0462. The maximum Gasteiger partial charge on any atom is 0.246 e. The van der Waals surface area contributed by atoms with E-state index in [0.717, 1.165) is 0 Å². The van der Waals surface area contributed by atoms with Gasteiger partial charge >= 0.3 is 0 Å². The van der Waals surface area contributed by atoms with Crippen molar-refractivity contribution in [2.24, 2.45) is 11.8 Å². The van der Waals surface area contributed by atoms with Crippen LogP contribution >= 0.6 is 0 Å². The third-order valence-electron chi connectivity index (χ3n) is 8.79. The van der Waals surface area contributed by atoms with Crippen molar-refractivity contribution in [2.75, 3.05) is 13.6 Å². The van der Waals surface area contributed by atoms with Crippen LogP contribution in [0.2, 0.25) is 0 Å². The molecule has 0 spiro atoms. The van der Waals surface area contributed by atoms with E-state index in [0.29, 0.717) is 30.5 Å². The summed E-state index contributed by atoms with van der Waals surface area (Å²) in [5, 5.41) is 28.2. The minimum atomic E-state index is -1.09. The predicted molar refractivity (Wildman–Crippen MR) is 170 cm³/mol. The monoisotopic (exact) mass is 635 g/mol. The molecule has 0 bridgehead atoms. The molecule has 46 heavy (non-hydrogen) atoms. The number of aromatic hydroxyl groups is 2. The lowest BCUT2D eigenvalue weighted by Gasteiger charge is -2.34. The summed E-state index contributed by atoms with van der Waals surface area (Å²) in [7, 11) is 1.49. The summed E-state index contributed by atoms with van der Waals surface area (Å²) >= 11 is 0. The van der Waals surface area contributed by atoms with E-state index < -0.39 is 59.7 Å². The number of likely N-dealkylation sites (N-methyl/N-ethyl adjacent to an activating group) is 1. The molecule has 0 aliphatic carbocycles. The van der Waals surface area contributed by atoms with Crippen molar-refractivity contribution in [2.45, 2.75) is 83.6 Å². The van der Waals surface area contributed by atoms with E-state index in [2.05, 4.69) is 16.0 Å². The largest absolute Gasteiger partial charge is 0.508 e. The first-order chi connectivity index (χ1) is 21.8. The fourth-order valence-corrected chi connectivity index (χ4v) is 6.01. The van der Waals surface area contributed by atoms with Crippen LogP contribution in [0, 0.1) is 11.8 Å². The lowest BCUT2D eigenvalue weighted by Crippen LogP contribution is -2.60. The van der Waals surface area contributed by atoms with Gasteiger partial charge in [0.15, 0.2) is 0 Å². The molecular weight excluding hydrogens is 590 g/mol. The van der Waals surface area contributed by atoms with Gasteiger partial charge in [-0.2, -0.15) is 0 Å². The van der Waals surface area contributed by atoms with Crippen LogP contribution in [0.1, 0.15) is 51.7 Å². The van der Waals surface area contributed by atoms with Crippen LogP contribution in [0.25, 0.3) is 0 Å². The molecule has 2 aromatic rings. The van der Waals surface area contributed by atoms with Crippen molar-refractivity contribution in [1.82, 2.24) is 25.8 Å². The van der Waals surface area contributed by atoms with Crippen LogP contribution in [0.15, 0.2) is 48.5 Å². The smallest absolute Gasteiger partial charge is 0.246 e. The Morgan fingerprint density at radius 3 is 1.76 bits per heavy atom. The van der Waals surface area contributed by atoms with Gasteiger partial charge in [0.2, 0.25) is 29.5 Å². The molecule has 12 nitrogen and oxygen atoms in total. The lowest BCUT2D eigenvalue weighted by atomic mass is 9.97. The highest BCUT2D eigenvalue weighted by Crippen LogP contribution is 2.23. The van der Waals surface area contributed by atoms with E-state index in [-0.39, 0.29) is 36.2 Å². The third-order valence-corrected chi connectivity index (χ3v) is 8.79. The fourth-order valence-electron chi connectivity index (χ4n) is 6.01. The second-order valence-corrected chi connectivity index (χ2v) is 12.9. The van der Waals surface area contributed by atoms with Crippen molar-refractivity contribution in [3.05, 3.63) is 59.7 Å². The van der Waals surface area contributed by atoms with Crippen molar-refractivity contribution in [1.29, 1.82) is 0 Å². The molecule has 0 aromatic heterocycles. The predicted octanol–water partition coefficient (Wildman–Crippen LogP) is 1.48. The third kappa shape index (κ3) is 7.96. The number of phenolic OH excluding ortho intramolecular Hbond substituents is 2. The molecule has 5 amide bonds. The Balaban J connectivity index is 1.80. The van der Waals surface area contributed by atoms with Gasteiger partial charge in [-0.3, -0.25) is 24.0 Å². The van der Waals surface area contributed by atoms with E-state index in [9.17, 15) is 34.2 Å². The zero-order chi connectivity index (χ0) is 33.7. The minimum Gasteiger partial charge on any atom is -0.508 e. The average molecular weight is 636 g/mol. The standard InChI is InChI=1S/C34H45N5O7/c1-19(2)28-32(44)37-29(20(3)4)34(46)38(5)27(18-22-10-14-24(41)15-11-22)31(43)35-25(17-21-8-12-23(40)13-9-21)33(45)39-16-6-7-26(39)30(42)36-28/h8-15,19-20,25-29,40-41H,6-7,16-18H2,1-5H3,(H,35,43)(H,36,42)(H,37,44). The summed E-state index contributed by atoms with van der Waals surface area (Å²) in [5.41, 5.74) is 1.33. The van der Waals surface area contributed by atoms with Gasteiger partial charge in [0, 0.05) is 26.4 Å². The number of fused-ring (bicyclic) bond motifs is 1. The number of benzene rings is 2. The number of carbonyl (C=O) groups is 5. The van der Waals surface area contributed by atoms with Crippen LogP contribution < -0.4 is 16.0 Å². The topological polar surface area (TPSA) is 168 Å². The Morgan fingerprint density at radius 2 is 1.22 bits per heavy atom. The molecule has 5 N–H and O–H groups in total. The van der Waals surface area contributed by atoms with Crippen LogP contribution in [0.3, 0.4) is 0 Å². The van der Waals surface area contributed by atoms with E-state index in [1.54, 1.807) is 52.0 Å². The Labute approximate surface area is 269 Å². The van der Waals surface area contributed by atoms with Gasteiger partial charge in [0.25, 0.3) is 0 Å². The van der Waals surface area contributed by atoms with E-state index >= 15 is 0 Å². The summed E-state index contributed by atoms with van der Waals surface area (Å²) in [6, 6.07) is 7.55. The van der Waals surface area contributed by atoms with Crippen molar-refractivity contribution >= 4 is 29.5 Å². The Bertz CT molecular complexity index is 1430. The number of carbonyl (C=O) groups excluding carboxylic acids is 5. The van der Waals surface area contributed by atoms with Gasteiger partial charge in [0.05, 0.1) is 0 Å². The number of hydrogen-bond acceptors (Lipinski definition) is 7. The summed E-state index contributed by atoms with van der Waals surface area (Å²) in [6.45, 7) is 7.44. The Morgan fingerprint density at radius 1 is 0.696 bits per heavy atom. The highest BCUT2D eigenvalue weighted by molar-refractivity contribution is 5.98. The SMILES string of the molecule is CC(C)C1NC(=O)C2CCCN2C(=O)C(Cc2ccc(O)cc2)NC(=O)C(Cc2ccc(O)cc2)N(C)C(=O)C(C(C)C)NC1=O. The number of nitrogens with zero attached hydrogens (tertiary/aromatic N) is 2. The van der Waals surface area contributed by atoms with Gasteiger partial charge in [-0.15, -0.1) is 0 Å². The Kier molecular flexibility index (Phi) is 10.9. The van der Waals surface area contributed by atoms with E-state index in [4.69, 9.17) is 0 Å². The molecule has 4 rings (SSSR count). The molecule has 5 atom stereocenters. The Hall–Kier alpha value is -4.61. The van der Waals surface area contributed by atoms with E-state index in [1.165, 1.54) is 41.1 Å². The van der Waals surface area contributed by atoms with Crippen LogP contribution in [-0.4, -0.2) is 93.4 Å². The zero-order valence-corrected chi connectivity index (χ0v) is 27.0. The second-order valence-electron chi connectivity index (χ2n) is 12.9. The molecule has 5 unspecified atom stereocenters. The number of phenols is 2. The molecule has 0 radical (unpaired) electrons. The molecule has 12 heteroatoms. The van der Waals surface area contributed by atoms with Crippen LogP contribution in [0.4, 0.5) is 0 Å². The summed E-state index contributed by atoms with van der Waals surface area (Å²) < 4.78 is 0. The first kappa shape index (κ1) is 34.3. The quantitative estimate of drug-likeness (QED) is 0.320. The molecule has 2 aliphatic rings. The van der Waals surface area contributed by atoms with E-state index in [1.807, 2.05) is 0 Å². The molecule has 2 aromatic carbocycles. The van der Waals surface area contributed by atoms with Crippen molar-refractivity contribution < 1.29 is 34.2 Å². The zero-order valence-electron chi connectivity index (χ0n) is 27.0. The van der Waals surface area contributed by atoms with Gasteiger partial charge in [0.1, 0.15) is 41.7 Å². The molecule has 2 fully saturated rings. The first-order valence-electron chi connectivity index (χ1n) is 15.8. The van der Waals surface area contributed by atoms with Crippen LogP contribution in [0.5, 0.6) is 11.5 Å². The fraction of sp³-hybridized carbons (Fsp3) is 0.500. The second kappa shape index (κ2) is 14.7. The van der Waals surface area contributed by atoms with Crippen molar-refractivity contribution in [3.8, 4) is 11.5 Å². The van der Waals surface area contributed by atoms with Gasteiger partial charge in [-0.05, 0) is 60.1 Å². The first-order valence-corrected chi connectivity index (χ1v) is 15.8. The number of hydrogen-bond donors (Lipinski definition) is 5. The number of rotatable bonds is 6. The summed E-state index contributed by atoms with van der Waals surface area (Å²) in [6.07, 6.45) is 1.10. The average Bonchev–Trinajstić information content (AvgIpc) is 3.51. The molecule has 2 heterocycles. The maximum absolute atomic E-state index is 14.2. The molecule has 2 aliphatic heterocycles. The van der Waals surface area contributed by atoms with Gasteiger partial charge < -0.3 is 36.0 Å². The van der Waals surface area contributed by atoms with Crippen LogP contribution in [-0.2, 0) is 36.8 Å². The number of nitrogens with one attached hydrogen (secondary N) is 3. The highest BCUT2D eigenvalue weighted by Gasteiger charge is 2.42. The summed E-state index contributed by atoms with van der Waals surface area (Å²) in [5.74, 6) is -3.14. The number of amides is 5. The van der Waals surface area contributed by atoms with Gasteiger partial charge in [-0.25, -0.2) is 0 Å². The molecule has 0 saturated carbocycles. The summed E-state index contributed by atoms with van der Waals surface area (Å²) in [4.78, 5) is 72.4. The van der Waals surface area contributed by atoms with Gasteiger partial charge in [-0.1, -0.05) is 52.0 Å².